The van der Waals surface area contributed by atoms with Crippen molar-refractivity contribution >= 4 is 0 Å². The molecule has 1 aromatic carbocycles. The molecule has 0 saturated heterocycles. The van der Waals surface area contributed by atoms with Crippen molar-refractivity contribution in [1.29, 1.82) is 0 Å². The van der Waals surface area contributed by atoms with Crippen LogP contribution in [0.4, 0.5) is 0 Å². The van der Waals surface area contributed by atoms with Crippen molar-refractivity contribution in [1.82, 2.24) is 0 Å². The standard InChI is InChI=1S/C13H19NO2/c1-9(2)11-8-13-12(15-5-6-16-13)7-10(11)3-4-14/h7-9H,3-6,14H2,1-2H3. The molecule has 88 valence electrons. The third kappa shape index (κ3) is 2.14. The summed E-state index contributed by atoms with van der Waals surface area (Å²) in [4.78, 5) is 0. The Morgan fingerprint density at radius 1 is 1.19 bits per heavy atom. The maximum absolute atomic E-state index is 5.63. The highest BCUT2D eigenvalue weighted by Gasteiger charge is 2.16. The van der Waals surface area contributed by atoms with Crippen molar-refractivity contribution in [2.24, 2.45) is 5.73 Å². The van der Waals surface area contributed by atoms with E-state index in [1.807, 2.05) is 0 Å². The average Bonchev–Trinajstić information content (AvgIpc) is 2.28. The quantitative estimate of drug-likeness (QED) is 0.850. The molecule has 0 radical (unpaired) electrons. The molecule has 0 fully saturated rings. The van der Waals surface area contributed by atoms with Crippen LogP contribution in [0.15, 0.2) is 12.1 Å². The number of hydrogen-bond donors (Lipinski definition) is 1. The summed E-state index contributed by atoms with van der Waals surface area (Å²) in [6.45, 7) is 6.31. The molecule has 1 aromatic rings. The summed E-state index contributed by atoms with van der Waals surface area (Å²) >= 11 is 0. The molecule has 3 heteroatoms. The summed E-state index contributed by atoms with van der Waals surface area (Å²) in [6, 6.07) is 4.18. The van der Waals surface area contributed by atoms with Crippen LogP contribution in [0.25, 0.3) is 0 Å². The SMILES string of the molecule is CC(C)c1cc2c(cc1CCN)OCCO2. The van der Waals surface area contributed by atoms with E-state index in [4.69, 9.17) is 15.2 Å². The summed E-state index contributed by atoms with van der Waals surface area (Å²) < 4.78 is 11.2. The van der Waals surface area contributed by atoms with Crippen LogP contribution >= 0.6 is 0 Å². The second-order valence-corrected chi connectivity index (χ2v) is 4.39. The fourth-order valence-corrected chi connectivity index (χ4v) is 2.06. The molecule has 16 heavy (non-hydrogen) atoms. The van der Waals surface area contributed by atoms with E-state index < -0.39 is 0 Å². The molecule has 1 aliphatic rings. The Morgan fingerprint density at radius 2 is 1.81 bits per heavy atom. The molecule has 3 nitrogen and oxygen atoms in total. The van der Waals surface area contributed by atoms with Crippen LogP contribution in [-0.4, -0.2) is 19.8 Å². The van der Waals surface area contributed by atoms with E-state index in [2.05, 4.69) is 26.0 Å². The first-order chi connectivity index (χ1) is 7.72. The first-order valence-electron chi connectivity index (χ1n) is 5.85. The lowest BCUT2D eigenvalue weighted by molar-refractivity contribution is 0.171. The Kier molecular flexibility index (Phi) is 3.34. The minimum absolute atomic E-state index is 0.484. The third-order valence-corrected chi connectivity index (χ3v) is 2.84. The van der Waals surface area contributed by atoms with Crippen LogP contribution in [0.2, 0.25) is 0 Å². The van der Waals surface area contributed by atoms with Crippen molar-refractivity contribution in [3.05, 3.63) is 23.3 Å². The summed E-state index contributed by atoms with van der Waals surface area (Å²) in [6.07, 6.45) is 0.893. The van der Waals surface area contributed by atoms with Crippen molar-refractivity contribution in [3.63, 3.8) is 0 Å². The van der Waals surface area contributed by atoms with Crippen molar-refractivity contribution in [2.45, 2.75) is 26.2 Å². The van der Waals surface area contributed by atoms with Gasteiger partial charge in [0.25, 0.3) is 0 Å². The number of hydrogen-bond acceptors (Lipinski definition) is 3. The molecule has 1 aliphatic heterocycles. The molecule has 0 unspecified atom stereocenters. The van der Waals surface area contributed by atoms with Gasteiger partial charge in [-0.1, -0.05) is 13.8 Å². The van der Waals surface area contributed by atoms with Crippen molar-refractivity contribution in [3.8, 4) is 11.5 Å². The highest BCUT2D eigenvalue weighted by Crippen LogP contribution is 2.35. The molecule has 2 N–H and O–H groups in total. The van der Waals surface area contributed by atoms with Crippen molar-refractivity contribution in [2.75, 3.05) is 19.8 Å². The van der Waals surface area contributed by atoms with Crippen molar-refractivity contribution < 1.29 is 9.47 Å². The fraction of sp³-hybridized carbons (Fsp3) is 0.538. The topological polar surface area (TPSA) is 44.5 Å². The third-order valence-electron chi connectivity index (χ3n) is 2.84. The molecule has 0 atom stereocenters. The van der Waals surface area contributed by atoms with Gasteiger partial charge in [0.15, 0.2) is 11.5 Å². The van der Waals surface area contributed by atoms with E-state index in [1.165, 1.54) is 11.1 Å². The number of ether oxygens (including phenoxy) is 2. The van der Waals surface area contributed by atoms with Crippen LogP contribution < -0.4 is 15.2 Å². The van der Waals surface area contributed by atoms with E-state index in [0.717, 1.165) is 17.9 Å². The van der Waals surface area contributed by atoms with E-state index in [-0.39, 0.29) is 0 Å². The Bertz CT molecular complexity index is 374. The predicted molar refractivity (Wildman–Crippen MR) is 64.3 cm³/mol. The fourth-order valence-electron chi connectivity index (χ4n) is 2.06. The molecular weight excluding hydrogens is 202 g/mol. The molecule has 0 bridgehead atoms. The normalized spacial score (nSPS) is 14.2. The smallest absolute Gasteiger partial charge is 0.161 e. The zero-order chi connectivity index (χ0) is 11.5. The van der Waals surface area contributed by atoms with Gasteiger partial charge < -0.3 is 15.2 Å². The molecule has 0 spiro atoms. The first-order valence-corrected chi connectivity index (χ1v) is 5.85. The number of nitrogens with two attached hydrogens (primary N) is 1. The van der Waals surface area contributed by atoms with Gasteiger partial charge in [0, 0.05) is 0 Å². The van der Waals surface area contributed by atoms with Gasteiger partial charge in [0.05, 0.1) is 0 Å². The van der Waals surface area contributed by atoms with Gasteiger partial charge in [0.1, 0.15) is 13.2 Å². The van der Waals surface area contributed by atoms with E-state index in [0.29, 0.717) is 25.7 Å². The van der Waals surface area contributed by atoms with Gasteiger partial charge in [-0.25, -0.2) is 0 Å². The zero-order valence-corrected chi connectivity index (χ0v) is 9.95. The van der Waals surface area contributed by atoms with Crippen LogP contribution in [0.3, 0.4) is 0 Å². The number of rotatable bonds is 3. The number of benzene rings is 1. The number of fused-ring (bicyclic) bond motifs is 1. The van der Waals surface area contributed by atoms with Crippen LogP contribution in [-0.2, 0) is 6.42 Å². The maximum atomic E-state index is 5.63. The lowest BCUT2D eigenvalue weighted by Gasteiger charge is -2.22. The first kappa shape index (κ1) is 11.3. The van der Waals surface area contributed by atoms with Gasteiger partial charge in [0.2, 0.25) is 0 Å². The predicted octanol–water partition coefficient (Wildman–Crippen LogP) is 2.08. The zero-order valence-electron chi connectivity index (χ0n) is 9.95. The maximum Gasteiger partial charge on any atom is 0.161 e. The highest BCUT2D eigenvalue weighted by molar-refractivity contribution is 5.49. The van der Waals surface area contributed by atoms with E-state index in [1.54, 1.807) is 0 Å². The molecule has 0 aliphatic carbocycles. The monoisotopic (exact) mass is 221 g/mol. The van der Waals surface area contributed by atoms with Gasteiger partial charge >= 0.3 is 0 Å². The average molecular weight is 221 g/mol. The molecule has 0 aromatic heterocycles. The Labute approximate surface area is 96.5 Å². The van der Waals surface area contributed by atoms with Gasteiger partial charge in [-0.2, -0.15) is 0 Å². The summed E-state index contributed by atoms with van der Waals surface area (Å²) in [7, 11) is 0. The summed E-state index contributed by atoms with van der Waals surface area (Å²) in [5, 5.41) is 0. The second-order valence-electron chi connectivity index (χ2n) is 4.39. The molecule has 0 amide bonds. The van der Waals surface area contributed by atoms with Gasteiger partial charge in [-0.3, -0.25) is 0 Å². The summed E-state index contributed by atoms with van der Waals surface area (Å²) in [5.41, 5.74) is 8.23. The summed E-state index contributed by atoms with van der Waals surface area (Å²) in [5.74, 6) is 2.21. The molecule has 2 rings (SSSR count). The van der Waals surface area contributed by atoms with Crippen LogP contribution in [0.1, 0.15) is 30.9 Å². The highest BCUT2D eigenvalue weighted by atomic mass is 16.6. The van der Waals surface area contributed by atoms with Gasteiger partial charge in [-0.05, 0) is 42.1 Å². The lowest BCUT2D eigenvalue weighted by Crippen LogP contribution is -2.16. The lowest BCUT2D eigenvalue weighted by atomic mass is 9.94. The molecular formula is C13H19NO2. The Hall–Kier alpha value is -1.22. The Morgan fingerprint density at radius 3 is 2.38 bits per heavy atom. The van der Waals surface area contributed by atoms with Crippen LogP contribution in [0.5, 0.6) is 11.5 Å². The molecule has 0 saturated carbocycles. The van der Waals surface area contributed by atoms with Crippen LogP contribution in [0, 0.1) is 0 Å². The van der Waals surface area contributed by atoms with Gasteiger partial charge in [-0.15, -0.1) is 0 Å². The van der Waals surface area contributed by atoms with E-state index in [9.17, 15) is 0 Å². The minimum Gasteiger partial charge on any atom is -0.486 e. The largest absolute Gasteiger partial charge is 0.486 e. The molecule has 1 heterocycles. The van der Waals surface area contributed by atoms with E-state index >= 15 is 0 Å². The minimum atomic E-state index is 0.484. The second kappa shape index (κ2) is 4.74. The Balaban J connectivity index is 2.41.